The Morgan fingerprint density at radius 1 is 0.900 bits per heavy atom. The van der Waals surface area contributed by atoms with Gasteiger partial charge in [-0.25, -0.2) is 4.79 Å². The van der Waals surface area contributed by atoms with Crippen molar-refractivity contribution in [2.45, 2.75) is 13.1 Å². The summed E-state index contributed by atoms with van der Waals surface area (Å²) in [6, 6.07) is 13.4. The Morgan fingerprint density at radius 2 is 1.67 bits per heavy atom. The number of ether oxygens (including phenoxy) is 3. The molecule has 3 aromatic rings. The van der Waals surface area contributed by atoms with Crippen LogP contribution in [0.3, 0.4) is 0 Å². The van der Waals surface area contributed by atoms with Crippen LogP contribution in [0, 0.1) is 0 Å². The lowest BCUT2D eigenvalue weighted by molar-refractivity contribution is 0.122. The van der Waals surface area contributed by atoms with Gasteiger partial charge in [0.2, 0.25) is 6.79 Å². The summed E-state index contributed by atoms with van der Waals surface area (Å²) in [5.41, 5.74) is 2.46. The van der Waals surface area contributed by atoms with Crippen molar-refractivity contribution in [1.82, 2.24) is 9.80 Å². The van der Waals surface area contributed by atoms with Crippen molar-refractivity contribution in [2.75, 3.05) is 40.1 Å². The van der Waals surface area contributed by atoms with Gasteiger partial charge < -0.3 is 18.6 Å². The van der Waals surface area contributed by atoms with Gasteiger partial charge in [0.1, 0.15) is 11.3 Å². The molecule has 1 aromatic heterocycles. The number of nitrogens with zero attached hydrogens (tertiary/aromatic N) is 2. The molecule has 7 nitrogen and oxygen atoms in total. The van der Waals surface area contributed by atoms with Crippen molar-refractivity contribution in [3.8, 4) is 17.2 Å². The summed E-state index contributed by atoms with van der Waals surface area (Å²) < 4.78 is 21.5. The SMILES string of the molecule is COc1ccc2c(CN3CCN(Cc4ccc5c(c4)OCO5)CC3)cc(=O)oc2c1. The second-order valence-corrected chi connectivity index (χ2v) is 7.69. The number of fused-ring (bicyclic) bond motifs is 2. The minimum atomic E-state index is -0.327. The molecule has 0 aliphatic carbocycles. The molecule has 0 N–H and O–H groups in total. The van der Waals surface area contributed by atoms with Gasteiger partial charge in [0.25, 0.3) is 0 Å². The summed E-state index contributed by atoms with van der Waals surface area (Å²) >= 11 is 0. The second kappa shape index (κ2) is 8.01. The van der Waals surface area contributed by atoms with Crippen LogP contribution in [0.1, 0.15) is 11.1 Å². The number of piperazine rings is 1. The van der Waals surface area contributed by atoms with Crippen LogP contribution in [-0.2, 0) is 13.1 Å². The fourth-order valence-corrected chi connectivity index (χ4v) is 4.11. The van der Waals surface area contributed by atoms with Gasteiger partial charge in [-0.05, 0) is 35.4 Å². The van der Waals surface area contributed by atoms with E-state index in [4.69, 9.17) is 18.6 Å². The zero-order valence-corrected chi connectivity index (χ0v) is 16.9. The third-order valence-corrected chi connectivity index (χ3v) is 5.74. The number of hydrogen-bond acceptors (Lipinski definition) is 7. The lowest BCUT2D eigenvalue weighted by atomic mass is 10.1. The van der Waals surface area contributed by atoms with Gasteiger partial charge in [0.15, 0.2) is 11.5 Å². The first-order valence-electron chi connectivity index (χ1n) is 10.1. The Morgan fingerprint density at radius 3 is 2.47 bits per heavy atom. The van der Waals surface area contributed by atoms with Crippen LogP contribution in [0.15, 0.2) is 51.7 Å². The van der Waals surface area contributed by atoms with Crippen molar-refractivity contribution in [3.63, 3.8) is 0 Å². The van der Waals surface area contributed by atoms with Gasteiger partial charge in [0.05, 0.1) is 7.11 Å². The van der Waals surface area contributed by atoms with Gasteiger partial charge in [-0.2, -0.15) is 0 Å². The topological polar surface area (TPSA) is 64.4 Å². The molecule has 1 fully saturated rings. The maximum Gasteiger partial charge on any atom is 0.336 e. The van der Waals surface area contributed by atoms with Crippen LogP contribution in [0.25, 0.3) is 11.0 Å². The fourth-order valence-electron chi connectivity index (χ4n) is 4.11. The molecule has 0 amide bonds. The number of rotatable bonds is 5. The lowest BCUT2D eigenvalue weighted by Crippen LogP contribution is -2.45. The quantitative estimate of drug-likeness (QED) is 0.602. The average Bonchev–Trinajstić information content (AvgIpc) is 3.22. The summed E-state index contributed by atoms with van der Waals surface area (Å²) in [6.45, 7) is 5.76. The molecule has 30 heavy (non-hydrogen) atoms. The molecule has 3 heterocycles. The van der Waals surface area contributed by atoms with E-state index in [0.29, 0.717) is 18.1 Å². The molecule has 0 unspecified atom stereocenters. The van der Waals surface area contributed by atoms with Crippen molar-refractivity contribution < 1.29 is 18.6 Å². The third kappa shape index (κ3) is 3.86. The van der Waals surface area contributed by atoms with E-state index in [-0.39, 0.29) is 5.63 Å². The average molecular weight is 408 g/mol. The Kier molecular flexibility index (Phi) is 5.06. The largest absolute Gasteiger partial charge is 0.497 e. The smallest absolute Gasteiger partial charge is 0.336 e. The number of benzene rings is 2. The van der Waals surface area contributed by atoms with Crippen molar-refractivity contribution in [1.29, 1.82) is 0 Å². The highest BCUT2D eigenvalue weighted by Crippen LogP contribution is 2.33. The highest BCUT2D eigenvalue weighted by Gasteiger charge is 2.20. The Hall–Kier alpha value is -3.03. The normalized spacial score (nSPS) is 16.8. The number of methoxy groups -OCH3 is 1. The second-order valence-electron chi connectivity index (χ2n) is 7.69. The van der Waals surface area contributed by atoms with E-state index in [9.17, 15) is 4.79 Å². The minimum Gasteiger partial charge on any atom is -0.497 e. The van der Waals surface area contributed by atoms with E-state index >= 15 is 0 Å². The summed E-state index contributed by atoms with van der Waals surface area (Å²) in [7, 11) is 1.60. The van der Waals surface area contributed by atoms with Gasteiger partial charge in [-0.15, -0.1) is 0 Å². The molecule has 0 bridgehead atoms. The van der Waals surface area contributed by atoms with Crippen LogP contribution in [-0.4, -0.2) is 49.9 Å². The predicted molar refractivity (Wildman–Crippen MR) is 112 cm³/mol. The van der Waals surface area contributed by atoms with Crippen LogP contribution in [0.5, 0.6) is 17.2 Å². The maximum absolute atomic E-state index is 12.0. The molecule has 2 aromatic carbocycles. The molecule has 156 valence electrons. The van der Waals surface area contributed by atoms with E-state index in [1.165, 1.54) is 5.56 Å². The summed E-state index contributed by atoms with van der Waals surface area (Å²) in [4.78, 5) is 16.9. The van der Waals surface area contributed by atoms with Crippen molar-refractivity contribution >= 4 is 11.0 Å². The molecule has 0 radical (unpaired) electrons. The van der Waals surface area contributed by atoms with E-state index in [0.717, 1.165) is 61.7 Å². The van der Waals surface area contributed by atoms with Crippen molar-refractivity contribution in [2.24, 2.45) is 0 Å². The molecule has 0 saturated carbocycles. The van der Waals surface area contributed by atoms with Gasteiger partial charge in [-0.1, -0.05) is 6.07 Å². The molecular formula is C23H24N2O5. The highest BCUT2D eigenvalue weighted by atomic mass is 16.7. The van der Waals surface area contributed by atoms with E-state index < -0.39 is 0 Å². The first-order chi connectivity index (χ1) is 14.7. The van der Waals surface area contributed by atoms with Crippen LogP contribution >= 0.6 is 0 Å². The molecule has 0 atom stereocenters. The summed E-state index contributed by atoms with van der Waals surface area (Å²) in [6.07, 6.45) is 0. The molecule has 2 aliphatic rings. The van der Waals surface area contributed by atoms with Gasteiger partial charge >= 0.3 is 5.63 Å². The summed E-state index contributed by atoms with van der Waals surface area (Å²) in [5.74, 6) is 2.33. The van der Waals surface area contributed by atoms with Gasteiger partial charge in [-0.3, -0.25) is 9.80 Å². The highest BCUT2D eigenvalue weighted by molar-refractivity contribution is 5.81. The predicted octanol–water partition coefficient (Wildman–Crippen LogP) is 2.85. The molecular weight excluding hydrogens is 384 g/mol. The van der Waals surface area contributed by atoms with E-state index in [1.54, 1.807) is 19.2 Å². The molecule has 5 rings (SSSR count). The maximum atomic E-state index is 12.0. The zero-order valence-electron chi connectivity index (χ0n) is 16.9. The monoisotopic (exact) mass is 408 g/mol. The Bertz CT molecular complexity index is 1120. The fraction of sp³-hybridized carbons (Fsp3) is 0.348. The van der Waals surface area contributed by atoms with E-state index in [2.05, 4.69) is 21.9 Å². The van der Waals surface area contributed by atoms with Crippen LogP contribution < -0.4 is 19.8 Å². The third-order valence-electron chi connectivity index (χ3n) is 5.74. The standard InChI is InChI=1S/C23H24N2O5/c1-27-18-3-4-19-17(11-23(26)30-21(19)12-18)14-25-8-6-24(7-9-25)13-16-2-5-20-22(10-16)29-15-28-20/h2-5,10-12H,6-9,13-15H2,1H3. The van der Waals surface area contributed by atoms with E-state index in [1.807, 2.05) is 18.2 Å². The van der Waals surface area contributed by atoms with Crippen LogP contribution in [0.2, 0.25) is 0 Å². The molecule has 1 saturated heterocycles. The lowest BCUT2D eigenvalue weighted by Gasteiger charge is -2.34. The number of hydrogen-bond donors (Lipinski definition) is 0. The summed E-state index contributed by atoms with van der Waals surface area (Å²) in [5, 5.41) is 0.957. The van der Waals surface area contributed by atoms with Crippen molar-refractivity contribution in [3.05, 3.63) is 64.0 Å². The Balaban J connectivity index is 1.24. The Labute approximate surface area is 174 Å². The van der Waals surface area contributed by atoms with Crippen LogP contribution in [0.4, 0.5) is 0 Å². The molecule has 2 aliphatic heterocycles. The minimum absolute atomic E-state index is 0.302. The first kappa shape index (κ1) is 19.0. The molecule has 7 heteroatoms. The van der Waals surface area contributed by atoms with Gasteiger partial charge in [0, 0.05) is 56.8 Å². The molecule has 0 spiro atoms. The zero-order chi connectivity index (χ0) is 20.5. The first-order valence-corrected chi connectivity index (χ1v) is 10.1.